The molecule has 21 heavy (non-hydrogen) atoms. The first-order valence-corrected chi connectivity index (χ1v) is 8.95. The number of carbonyl (C=O) groups is 1. The van der Waals surface area contributed by atoms with Crippen molar-refractivity contribution in [3.8, 4) is 0 Å². The van der Waals surface area contributed by atoms with Gasteiger partial charge in [0.25, 0.3) is 0 Å². The van der Waals surface area contributed by atoms with E-state index in [1.807, 2.05) is 4.90 Å². The highest BCUT2D eigenvalue weighted by Crippen LogP contribution is 2.38. The summed E-state index contributed by atoms with van der Waals surface area (Å²) in [6, 6.07) is 6.57. The Balaban J connectivity index is 1.60. The first-order valence-electron chi connectivity index (χ1n) is 7.90. The summed E-state index contributed by atoms with van der Waals surface area (Å²) in [6.07, 6.45) is 6.96. The second-order valence-electron chi connectivity index (χ2n) is 6.05. The molecule has 1 aromatic carbocycles. The Hall–Kier alpha value is -1.03. The van der Waals surface area contributed by atoms with Crippen molar-refractivity contribution >= 4 is 17.7 Å². The molecule has 1 amide bonds. The van der Waals surface area contributed by atoms with Crippen LogP contribution in [-0.4, -0.2) is 23.1 Å². The monoisotopic (exact) mass is 307 g/mol. The van der Waals surface area contributed by atoms with Gasteiger partial charge >= 0.3 is 0 Å². The van der Waals surface area contributed by atoms with E-state index in [1.165, 1.54) is 37.8 Å². The Kier molecular flexibility index (Phi) is 4.84. The lowest BCUT2D eigenvalue weighted by Crippen LogP contribution is -2.30. The van der Waals surface area contributed by atoms with Crippen molar-refractivity contribution in [3.63, 3.8) is 0 Å². The van der Waals surface area contributed by atoms with Gasteiger partial charge in [-0.25, -0.2) is 4.39 Å². The van der Waals surface area contributed by atoms with Gasteiger partial charge in [0.2, 0.25) is 5.91 Å². The lowest BCUT2D eigenvalue weighted by molar-refractivity contribution is -0.131. The van der Waals surface area contributed by atoms with Crippen LogP contribution in [0.25, 0.3) is 0 Å². The Labute approximate surface area is 130 Å². The van der Waals surface area contributed by atoms with Gasteiger partial charge in [-0.1, -0.05) is 37.8 Å². The molecule has 0 N–H and O–H groups in total. The molecule has 0 spiro atoms. The van der Waals surface area contributed by atoms with Crippen molar-refractivity contribution < 1.29 is 9.18 Å². The molecule has 2 aliphatic rings. The zero-order valence-electron chi connectivity index (χ0n) is 12.3. The number of hydrogen-bond acceptors (Lipinski definition) is 2. The molecule has 2 fully saturated rings. The highest BCUT2D eigenvalue weighted by molar-refractivity contribution is 7.99. The smallest absolute Gasteiger partial charge is 0.223 e. The Morgan fingerprint density at radius 2 is 1.95 bits per heavy atom. The lowest BCUT2D eigenvalue weighted by Gasteiger charge is -2.24. The molecule has 2 nitrogen and oxygen atoms in total. The number of nitrogens with zero attached hydrogens (tertiary/aromatic N) is 1. The Bertz CT molecular complexity index is 484. The van der Waals surface area contributed by atoms with E-state index in [9.17, 15) is 9.18 Å². The molecule has 0 unspecified atom stereocenters. The summed E-state index contributed by atoms with van der Waals surface area (Å²) in [6.45, 7) is 0.816. The second-order valence-corrected chi connectivity index (χ2v) is 7.24. The predicted octanol–water partition coefficient (Wildman–Crippen LogP) is 4.37. The lowest BCUT2D eigenvalue weighted by atomic mass is 10.0. The third kappa shape index (κ3) is 3.60. The van der Waals surface area contributed by atoms with Gasteiger partial charge in [0.1, 0.15) is 11.2 Å². The summed E-state index contributed by atoms with van der Waals surface area (Å²) in [5, 5.41) is 0.0710. The zero-order valence-corrected chi connectivity index (χ0v) is 13.1. The number of rotatable bonds is 4. The van der Waals surface area contributed by atoms with Gasteiger partial charge in [-0.15, -0.1) is 11.8 Å². The van der Waals surface area contributed by atoms with Crippen LogP contribution in [0.15, 0.2) is 24.3 Å². The maximum atomic E-state index is 13.0. The van der Waals surface area contributed by atoms with Gasteiger partial charge in [0.15, 0.2) is 0 Å². The topological polar surface area (TPSA) is 20.3 Å². The molecule has 1 saturated heterocycles. The fraction of sp³-hybridized carbons (Fsp3) is 0.588. The van der Waals surface area contributed by atoms with E-state index in [4.69, 9.17) is 0 Å². The predicted molar refractivity (Wildman–Crippen MR) is 84.5 cm³/mol. The molecule has 1 aromatic rings. The Morgan fingerprint density at radius 1 is 1.24 bits per heavy atom. The van der Waals surface area contributed by atoms with Crippen LogP contribution < -0.4 is 0 Å². The minimum absolute atomic E-state index is 0.0710. The van der Waals surface area contributed by atoms with Gasteiger partial charge in [-0.3, -0.25) is 4.79 Å². The highest BCUT2D eigenvalue weighted by Gasteiger charge is 2.30. The molecule has 0 aromatic heterocycles. The largest absolute Gasteiger partial charge is 0.326 e. The molecular weight excluding hydrogens is 285 g/mol. The average molecular weight is 307 g/mol. The van der Waals surface area contributed by atoms with Gasteiger partial charge in [0.05, 0.1) is 0 Å². The van der Waals surface area contributed by atoms with Crippen LogP contribution in [-0.2, 0) is 4.79 Å². The number of thioether (sulfide) groups is 1. The van der Waals surface area contributed by atoms with Crippen LogP contribution in [0.2, 0.25) is 0 Å². The van der Waals surface area contributed by atoms with E-state index >= 15 is 0 Å². The van der Waals surface area contributed by atoms with E-state index in [0.717, 1.165) is 30.2 Å². The summed E-state index contributed by atoms with van der Waals surface area (Å²) in [5.74, 6) is 1.77. The van der Waals surface area contributed by atoms with E-state index in [2.05, 4.69) is 0 Å². The van der Waals surface area contributed by atoms with E-state index in [-0.39, 0.29) is 17.1 Å². The summed E-state index contributed by atoms with van der Waals surface area (Å²) in [7, 11) is 0. The summed E-state index contributed by atoms with van der Waals surface area (Å²) >= 11 is 1.78. The van der Waals surface area contributed by atoms with E-state index < -0.39 is 0 Å². The Morgan fingerprint density at radius 3 is 2.67 bits per heavy atom. The maximum absolute atomic E-state index is 13.0. The standard InChI is InChI=1S/C17H22FNOS/c18-15-8-6-14(7-9-15)17-19(11-12-21-17)16(20)10-5-13-3-1-2-4-13/h6-9,13,17H,1-5,10-12H2/t17-/m1/s1. The van der Waals surface area contributed by atoms with Crippen LogP contribution in [0.4, 0.5) is 4.39 Å². The third-order valence-corrected chi connectivity index (χ3v) is 5.87. The highest BCUT2D eigenvalue weighted by atomic mass is 32.2. The second kappa shape index (κ2) is 6.82. The van der Waals surface area contributed by atoms with Crippen molar-refractivity contribution in [1.29, 1.82) is 0 Å². The molecule has 0 radical (unpaired) electrons. The van der Waals surface area contributed by atoms with Crippen LogP contribution in [0, 0.1) is 11.7 Å². The van der Waals surface area contributed by atoms with Crippen molar-refractivity contribution in [2.45, 2.75) is 43.9 Å². The van der Waals surface area contributed by atoms with Crippen molar-refractivity contribution in [2.75, 3.05) is 12.3 Å². The number of hydrogen-bond donors (Lipinski definition) is 0. The fourth-order valence-electron chi connectivity index (χ4n) is 3.40. The molecule has 0 bridgehead atoms. The van der Waals surface area contributed by atoms with Crippen LogP contribution in [0.3, 0.4) is 0 Å². The molecule has 4 heteroatoms. The molecule has 114 valence electrons. The number of halogens is 1. The van der Waals surface area contributed by atoms with E-state index in [1.54, 1.807) is 23.9 Å². The van der Waals surface area contributed by atoms with Crippen molar-refractivity contribution in [1.82, 2.24) is 4.90 Å². The zero-order chi connectivity index (χ0) is 14.7. The van der Waals surface area contributed by atoms with Gasteiger partial charge in [0, 0.05) is 18.7 Å². The van der Waals surface area contributed by atoms with Gasteiger partial charge < -0.3 is 4.90 Å². The SMILES string of the molecule is O=C(CCC1CCCC1)N1CCS[C@@H]1c1ccc(F)cc1. The molecule has 1 heterocycles. The maximum Gasteiger partial charge on any atom is 0.223 e. The first kappa shape index (κ1) is 14.9. The summed E-state index contributed by atoms with van der Waals surface area (Å²) in [5.41, 5.74) is 1.04. The number of carbonyl (C=O) groups excluding carboxylic acids is 1. The molecule has 3 rings (SSSR count). The molecular formula is C17H22FNOS. The molecule has 1 aliphatic carbocycles. The van der Waals surface area contributed by atoms with Crippen LogP contribution in [0.5, 0.6) is 0 Å². The minimum Gasteiger partial charge on any atom is -0.326 e. The van der Waals surface area contributed by atoms with Crippen molar-refractivity contribution in [3.05, 3.63) is 35.6 Å². The quantitative estimate of drug-likeness (QED) is 0.823. The summed E-state index contributed by atoms with van der Waals surface area (Å²) < 4.78 is 13.0. The molecule has 1 saturated carbocycles. The first-order chi connectivity index (χ1) is 10.2. The normalized spacial score (nSPS) is 22.9. The molecule has 1 aliphatic heterocycles. The van der Waals surface area contributed by atoms with Crippen LogP contribution in [0.1, 0.15) is 49.5 Å². The fourth-order valence-corrected chi connectivity index (χ4v) is 4.68. The number of amides is 1. The number of benzene rings is 1. The summed E-state index contributed by atoms with van der Waals surface area (Å²) in [4.78, 5) is 14.5. The minimum atomic E-state index is -0.221. The van der Waals surface area contributed by atoms with Crippen LogP contribution >= 0.6 is 11.8 Å². The van der Waals surface area contributed by atoms with E-state index in [0.29, 0.717) is 6.42 Å². The average Bonchev–Trinajstić information content (AvgIpc) is 3.17. The third-order valence-electron chi connectivity index (χ3n) is 4.61. The van der Waals surface area contributed by atoms with Crippen molar-refractivity contribution in [2.24, 2.45) is 5.92 Å². The van der Waals surface area contributed by atoms with Gasteiger partial charge in [-0.2, -0.15) is 0 Å². The molecule has 1 atom stereocenters. The van der Waals surface area contributed by atoms with Gasteiger partial charge in [-0.05, 0) is 30.0 Å².